The Labute approximate surface area is 115 Å². The number of methoxy groups -OCH3 is 1. The Hall–Kier alpha value is -0.850. The zero-order valence-corrected chi connectivity index (χ0v) is 12.4. The van der Waals surface area contributed by atoms with Crippen LogP contribution in [0.1, 0.15) is 24.2 Å². The Balaban J connectivity index is 2.82. The van der Waals surface area contributed by atoms with Crippen molar-refractivity contribution < 1.29 is 9.53 Å². The number of halogens is 1. The second kappa shape index (κ2) is 6.78. The number of carbonyl (C=O) groups is 1. The maximum absolute atomic E-state index is 12.1. The third-order valence-corrected chi connectivity index (χ3v) is 3.45. The monoisotopic (exact) mass is 348 g/mol. The minimum Gasteiger partial charge on any atom is -0.480 e. The van der Waals surface area contributed by atoms with Crippen molar-refractivity contribution in [2.45, 2.75) is 19.9 Å². The van der Waals surface area contributed by atoms with Crippen molar-refractivity contribution in [3.8, 4) is 5.88 Å². The van der Waals surface area contributed by atoms with Gasteiger partial charge in [-0.05, 0) is 18.1 Å². The summed E-state index contributed by atoms with van der Waals surface area (Å²) in [6, 6.07) is 3.60. The average Bonchev–Trinajstić information content (AvgIpc) is 2.35. The number of nitrogens with zero attached hydrogens (tertiary/aromatic N) is 1. The summed E-state index contributed by atoms with van der Waals surface area (Å²) in [5, 5.41) is 2.99. The van der Waals surface area contributed by atoms with Gasteiger partial charge in [-0.3, -0.25) is 4.79 Å². The number of alkyl halides is 1. The molecule has 1 unspecified atom stereocenters. The highest BCUT2D eigenvalue weighted by molar-refractivity contribution is 14.1. The molecular formula is C12H17IN2O2. The van der Waals surface area contributed by atoms with Crippen LogP contribution in [0.4, 0.5) is 0 Å². The van der Waals surface area contributed by atoms with Crippen molar-refractivity contribution in [1.82, 2.24) is 10.3 Å². The highest BCUT2D eigenvalue weighted by atomic mass is 127. The zero-order valence-electron chi connectivity index (χ0n) is 10.2. The highest BCUT2D eigenvalue weighted by Gasteiger charge is 2.18. The van der Waals surface area contributed by atoms with Gasteiger partial charge in [-0.2, -0.15) is 0 Å². The molecule has 0 spiro atoms. The fourth-order valence-electron chi connectivity index (χ4n) is 1.36. The Bertz CT molecular complexity index is 383. The van der Waals surface area contributed by atoms with Gasteiger partial charge >= 0.3 is 0 Å². The molecule has 0 radical (unpaired) electrons. The molecule has 0 aliphatic heterocycles. The lowest BCUT2D eigenvalue weighted by Crippen LogP contribution is -2.39. The fourth-order valence-corrected chi connectivity index (χ4v) is 2.59. The number of carbonyl (C=O) groups excluding carboxylic acids is 1. The van der Waals surface area contributed by atoms with E-state index in [-0.39, 0.29) is 11.9 Å². The second-order valence-electron chi connectivity index (χ2n) is 4.04. The second-order valence-corrected chi connectivity index (χ2v) is 4.92. The number of hydrogen-bond donors (Lipinski definition) is 1. The van der Waals surface area contributed by atoms with Gasteiger partial charge in [0, 0.05) is 16.7 Å². The van der Waals surface area contributed by atoms with Gasteiger partial charge in [0.2, 0.25) is 5.88 Å². The largest absolute Gasteiger partial charge is 0.480 e. The lowest BCUT2D eigenvalue weighted by atomic mass is 10.1. The third-order valence-electron chi connectivity index (χ3n) is 2.50. The lowest BCUT2D eigenvalue weighted by Gasteiger charge is -2.20. The van der Waals surface area contributed by atoms with Crippen molar-refractivity contribution >= 4 is 28.5 Å². The van der Waals surface area contributed by atoms with Crippen LogP contribution >= 0.6 is 22.6 Å². The fraction of sp³-hybridized carbons (Fsp3) is 0.500. The molecule has 1 aromatic heterocycles. The van der Waals surface area contributed by atoms with Crippen LogP contribution in [0.5, 0.6) is 5.88 Å². The molecule has 17 heavy (non-hydrogen) atoms. The number of ether oxygens (including phenoxy) is 1. The summed E-state index contributed by atoms with van der Waals surface area (Å²) in [6.45, 7) is 4.17. The predicted octanol–water partition coefficient (Wildman–Crippen LogP) is 2.28. The van der Waals surface area contributed by atoms with E-state index >= 15 is 0 Å². The van der Waals surface area contributed by atoms with E-state index in [1.165, 1.54) is 7.11 Å². The van der Waals surface area contributed by atoms with E-state index in [1.807, 2.05) is 0 Å². The molecule has 0 aliphatic rings. The number of rotatable bonds is 5. The van der Waals surface area contributed by atoms with Crippen LogP contribution < -0.4 is 10.1 Å². The van der Waals surface area contributed by atoms with E-state index in [2.05, 4.69) is 46.7 Å². The minimum absolute atomic E-state index is 0.134. The lowest BCUT2D eigenvalue weighted by molar-refractivity contribution is 0.0928. The molecule has 0 bridgehead atoms. The van der Waals surface area contributed by atoms with Gasteiger partial charge in [0.1, 0.15) is 5.56 Å². The topological polar surface area (TPSA) is 51.2 Å². The number of hydrogen-bond acceptors (Lipinski definition) is 3. The van der Waals surface area contributed by atoms with Gasteiger partial charge in [0.15, 0.2) is 0 Å². The van der Waals surface area contributed by atoms with E-state index in [0.717, 1.165) is 4.43 Å². The van der Waals surface area contributed by atoms with E-state index < -0.39 is 0 Å². The molecular weight excluding hydrogens is 331 g/mol. The van der Waals surface area contributed by atoms with Crippen LogP contribution in [0.2, 0.25) is 0 Å². The molecule has 4 nitrogen and oxygen atoms in total. The number of aromatic nitrogens is 1. The molecule has 0 saturated carbocycles. The molecule has 1 aromatic rings. The molecule has 0 saturated heterocycles. The molecule has 0 fully saturated rings. The quantitative estimate of drug-likeness (QED) is 0.656. The molecule has 5 heteroatoms. The van der Waals surface area contributed by atoms with E-state index in [9.17, 15) is 4.79 Å². The molecule has 1 rings (SSSR count). The van der Waals surface area contributed by atoms with Crippen LogP contribution in [-0.2, 0) is 0 Å². The summed E-state index contributed by atoms with van der Waals surface area (Å²) in [5.74, 6) is 0.629. The van der Waals surface area contributed by atoms with Crippen molar-refractivity contribution in [3.63, 3.8) is 0 Å². The van der Waals surface area contributed by atoms with Crippen LogP contribution in [0.3, 0.4) is 0 Å². The number of nitrogens with one attached hydrogen (secondary N) is 1. The number of pyridine rings is 1. The summed E-state index contributed by atoms with van der Waals surface area (Å²) >= 11 is 2.27. The zero-order chi connectivity index (χ0) is 12.8. The van der Waals surface area contributed by atoms with Crippen LogP contribution in [0, 0.1) is 5.92 Å². The van der Waals surface area contributed by atoms with Gasteiger partial charge in [-0.25, -0.2) is 4.98 Å². The first-order chi connectivity index (χ1) is 8.10. The summed E-state index contributed by atoms with van der Waals surface area (Å²) < 4.78 is 5.95. The van der Waals surface area contributed by atoms with Gasteiger partial charge in [-0.1, -0.05) is 36.4 Å². The Morgan fingerprint density at radius 1 is 1.59 bits per heavy atom. The smallest absolute Gasteiger partial charge is 0.257 e. The molecule has 1 atom stereocenters. The molecule has 0 aromatic carbocycles. The summed E-state index contributed by atoms with van der Waals surface area (Å²) in [5.41, 5.74) is 0.477. The number of amides is 1. The van der Waals surface area contributed by atoms with Gasteiger partial charge in [-0.15, -0.1) is 0 Å². The first-order valence-electron chi connectivity index (χ1n) is 5.46. The van der Waals surface area contributed by atoms with Crippen LogP contribution in [0.15, 0.2) is 18.3 Å². The summed E-state index contributed by atoms with van der Waals surface area (Å²) in [4.78, 5) is 16.1. The Kier molecular flexibility index (Phi) is 5.67. The van der Waals surface area contributed by atoms with Gasteiger partial charge < -0.3 is 10.1 Å². The Morgan fingerprint density at radius 2 is 2.29 bits per heavy atom. The SMILES string of the molecule is COc1ncccc1C(=O)NC(CI)C(C)C. The van der Waals surface area contributed by atoms with Crippen molar-refractivity contribution in [1.29, 1.82) is 0 Å². The highest BCUT2D eigenvalue weighted by Crippen LogP contribution is 2.14. The van der Waals surface area contributed by atoms with Crippen molar-refractivity contribution in [3.05, 3.63) is 23.9 Å². The predicted molar refractivity (Wildman–Crippen MR) is 75.8 cm³/mol. The van der Waals surface area contributed by atoms with E-state index in [1.54, 1.807) is 18.3 Å². The van der Waals surface area contributed by atoms with Gasteiger partial charge in [0.25, 0.3) is 5.91 Å². The summed E-state index contributed by atoms with van der Waals surface area (Å²) in [6.07, 6.45) is 1.61. The normalized spacial score (nSPS) is 12.3. The summed E-state index contributed by atoms with van der Waals surface area (Å²) in [7, 11) is 1.51. The van der Waals surface area contributed by atoms with Crippen LogP contribution in [-0.4, -0.2) is 28.5 Å². The van der Waals surface area contributed by atoms with E-state index in [4.69, 9.17) is 4.74 Å². The molecule has 1 N–H and O–H groups in total. The maximum Gasteiger partial charge on any atom is 0.257 e. The maximum atomic E-state index is 12.1. The molecule has 94 valence electrons. The molecule has 0 aliphatic carbocycles. The first-order valence-corrected chi connectivity index (χ1v) is 6.98. The average molecular weight is 348 g/mol. The minimum atomic E-state index is -0.134. The van der Waals surface area contributed by atoms with Crippen molar-refractivity contribution in [2.75, 3.05) is 11.5 Å². The van der Waals surface area contributed by atoms with Gasteiger partial charge in [0.05, 0.1) is 7.11 Å². The van der Waals surface area contributed by atoms with E-state index in [0.29, 0.717) is 17.4 Å². The van der Waals surface area contributed by atoms with Crippen LogP contribution in [0.25, 0.3) is 0 Å². The first kappa shape index (κ1) is 14.2. The molecule has 1 heterocycles. The molecule has 1 amide bonds. The standard InChI is InChI=1S/C12H17IN2O2/c1-8(2)10(7-13)15-11(16)9-5-4-6-14-12(9)17-3/h4-6,8,10H,7H2,1-3H3,(H,15,16). The Morgan fingerprint density at radius 3 is 2.82 bits per heavy atom. The third kappa shape index (κ3) is 3.83. The van der Waals surface area contributed by atoms with Crippen molar-refractivity contribution in [2.24, 2.45) is 5.92 Å².